The highest BCUT2D eigenvalue weighted by Crippen LogP contribution is 2.51. The summed E-state index contributed by atoms with van der Waals surface area (Å²) in [7, 11) is 0. The van der Waals surface area contributed by atoms with Crippen LogP contribution in [0.2, 0.25) is 0 Å². The maximum atomic E-state index is 13.7. The highest BCUT2D eigenvalue weighted by atomic mass is 32.2. The Morgan fingerprint density at radius 1 is 0.794 bits per heavy atom. The first-order chi connectivity index (χ1) is 14.6. The monoisotopic (exact) mass is 563 g/mol. The van der Waals surface area contributed by atoms with Gasteiger partial charge in [-0.25, -0.2) is 9.38 Å². The zero-order valence-corrected chi connectivity index (χ0v) is 15.4. The van der Waals surface area contributed by atoms with Gasteiger partial charge in [0.25, 0.3) is 11.8 Å². The van der Waals surface area contributed by atoms with E-state index in [1.165, 1.54) is 4.99 Å². The third-order valence-corrected chi connectivity index (χ3v) is 4.62. The van der Waals surface area contributed by atoms with Crippen LogP contribution in [0.3, 0.4) is 0 Å². The standard InChI is InChI=1S/C11H2F17N3O2S/c12-4(13,6(15,16)9(20,21)22)1(32)30-7(10(23,24)25,11(26,27)28)31-3-29-2(33)5(14,34-3)8(17,18)19/h(H,30,32)(H,29,31,33)/t5-/m1/s1. The molecule has 2 N–H and O–H groups in total. The summed E-state index contributed by atoms with van der Waals surface area (Å²) < 4.78 is 219. The van der Waals surface area contributed by atoms with Crippen molar-refractivity contribution in [3.8, 4) is 0 Å². The van der Waals surface area contributed by atoms with Crippen LogP contribution < -0.4 is 10.6 Å². The predicted molar refractivity (Wildman–Crippen MR) is 72.0 cm³/mol. The summed E-state index contributed by atoms with van der Waals surface area (Å²) in [6.07, 6.45) is -28.4. The molecule has 198 valence electrons. The molecule has 0 aromatic heterocycles. The fraction of sp³-hybridized carbons (Fsp3) is 0.727. The minimum Gasteiger partial charge on any atom is -0.311 e. The summed E-state index contributed by atoms with van der Waals surface area (Å²) in [5, 5.41) is -8.43. The normalized spacial score (nSPS) is 22.7. The molecule has 1 fully saturated rings. The summed E-state index contributed by atoms with van der Waals surface area (Å²) in [5.41, 5.74) is -6.67. The van der Waals surface area contributed by atoms with E-state index < -0.39 is 81.3 Å². The van der Waals surface area contributed by atoms with Crippen molar-refractivity contribution in [2.24, 2.45) is 4.99 Å². The molecule has 0 radical (unpaired) electrons. The Morgan fingerprint density at radius 2 is 1.21 bits per heavy atom. The van der Waals surface area contributed by atoms with Gasteiger partial charge in [0.05, 0.1) is 0 Å². The summed E-state index contributed by atoms with van der Waals surface area (Å²) in [6.45, 7) is 0. The molecule has 0 aliphatic carbocycles. The van der Waals surface area contributed by atoms with Crippen LogP contribution in [0.15, 0.2) is 4.99 Å². The first-order valence-electron chi connectivity index (χ1n) is 7.23. The molecular weight excluding hydrogens is 561 g/mol. The minimum absolute atomic E-state index is 0.429. The Labute approximate surface area is 177 Å². The fourth-order valence-corrected chi connectivity index (χ4v) is 2.65. The van der Waals surface area contributed by atoms with Crippen molar-refractivity contribution >= 4 is 28.7 Å². The van der Waals surface area contributed by atoms with Gasteiger partial charge in [-0.3, -0.25) is 9.59 Å². The van der Waals surface area contributed by atoms with Crippen LogP contribution in [-0.2, 0) is 9.59 Å². The lowest BCUT2D eigenvalue weighted by Gasteiger charge is -2.36. The highest BCUT2D eigenvalue weighted by molar-refractivity contribution is 8.16. The molecule has 1 atom stereocenters. The Kier molecular flexibility index (Phi) is 6.92. The quantitative estimate of drug-likeness (QED) is 0.505. The molecule has 1 aliphatic rings. The Hall–Kier alpha value is -2.23. The molecule has 0 aromatic rings. The number of nitrogens with zero attached hydrogens (tertiary/aromatic N) is 1. The first-order valence-corrected chi connectivity index (χ1v) is 8.04. The summed E-state index contributed by atoms with van der Waals surface area (Å²) in [6, 6.07) is 0. The van der Waals surface area contributed by atoms with Crippen molar-refractivity contribution in [2.75, 3.05) is 0 Å². The molecule has 1 heterocycles. The molecule has 0 spiro atoms. The number of aliphatic imine (C=N–C) groups is 1. The predicted octanol–water partition coefficient (Wildman–Crippen LogP) is 4.20. The number of hydrogen-bond acceptors (Lipinski definition) is 4. The minimum atomic E-state index is -7.57. The lowest BCUT2D eigenvalue weighted by atomic mass is 10.1. The number of halogens is 17. The van der Waals surface area contributed by atoms with Crippen molar-refractivity contribution in [1.82, 2.24) is 10.6 Å². The smallest absolute Gasteiger partial charge is 0.311 e. The van der Waals surface area contributed by atoms with Gasteiger partial charge in [0, 0.05) is 0 Å². The Morgan fingerprint density at radius 3 is 1.50 bits per heavy atom. The molecule has 23 heteroatoms. The van der Waals surface area contributed by atoms with Crippen LogP contribution in [0, 0.1) is 0 Å². The van der Waals surface area contributed by atoms with Crippen molar-refractivity contribution < 1.29 is 84.2 Å². The van der Waals surface area contributed by atoms with Gasteiger partial charge in [-0.1, -0.05) is 0 Å². The van der Waals surface area contributed by atoms with E-state index >= 15 is 0 Å². The molecule has 1 rings (SSSR count). The molecule has 0 unspecified atom stereocenters. The number of carbonyl (C=O) groups is 2. The van der Waals surface area contributed by atoms with Crippen LogP contribution in [0.1, 0.15) is 0 Å². The number of thioether (sulfide) groups is 1. The molecule has 1 saturated heterocycles. The van der Waals surface area contributed by atoms with E-state index in [2.05, 4.69) is 0 Å². The van der Waals surface area contributed by atoms with Crippen LogP contribution in [0.5, 0.6) is 0 Å². The average Bonchev–Trinajstić information content (AvgIpc) is 2.85. The number of rotatable bonds is 4. The summed E-state index contributed by atoms with van der Waals surface area (Å²) in [4.78, 5) is 23.6. The van der Waals surface area contributed by atoms with Crippen molar-refractivity contribution in [2.45, 2.75) is 47.2 Å². The van der Waals surface area contributed by atoms with Crippen molar-refractivity contribution in [3.05, 3.63) is 0 Å². The van der Waals surface area contributed by atoms with Crippen LogP contribution >= 0.6 is 11.8 Å². The first kappa shape index (κ1) is 29.8. The molecular formula is C11H2F17N3O2S. The third kappa shape index (κ3) is 4.53. The maximum absolute atomic E-state index is 13.7. The number of amides is 2. The second kappa shape index (κ2) is 7.90. The Bertz CT molecular complexity index is 856. The molecule has 2 amide bonds. The van der Waals surface area contributed by atoms with E-state index in [-0.39, 0.29) is 0 Å². The second-order valence-corrected chi connectivity index (χ2v) is 7.03. The molecule has 1 aliphatic heterocycles. The van der Waals surface area contributed by atoms with E-state index in [0.717, 1.165) is 0 Å². The van der Waals surface area contributed by atoms with E-state index in [1.54, 1.807) is 0 Å². The molecule has 34 heavy (non-hydrogen) atoms. The summed E-state index contributed by atoms with van der Waals surface area (Å²) >= 11 is -1.84. The topological polar surface area (TPSA) is 70.6 Å². The van der Waals surface area contributed by atoms with Crippen molar-refractivity contribution in [1.29, 1.82) is 0 Å². The van der Waals surface area contributed by atoms with Crippen LogP contribution in [0.25, 0.3) is 0 Å². The van der Waals surface area contributed by atoms with Crippen LogP contribution in [-0.4, -0.2) is 64.2 Å². The van der Waals surface area contributed by atoms with Gasteiger partial charge in [0.1, 0.15) is 0 Å². The maximum Gasteiger partial charge on any atom is 0.460 e. The molecule has 0 aromatic carbocycles. The number of amidine groups is 1. The van der Waals surface area contributed by atoms with Gasteiger partial charge < -0.3 is 10.6 Å². The van der Waals surface area contributed by atoms with Gasteiger partial charge in [0.15, 0.2) is 5.17 Å². The van der Waals surface area contributed by atoms with Gasteiger partial charge in [0.2, 0.25) is 0 Å². The second-order valence-electron chi connectivity index (χ2n) is 5.87. The molecule has 0 saturated carbocycles. The van der Waals surface area contributed by atoms with E-state index in [9.17, 15) is 84.2 Å². The average molecular weight is 563 g/mol. The van der Waals surface area contributed by atoms with Gasteiger partial charge in [-0.15, -0.1) is 0 Å². The highest BCUT2D eigenvalue weighted by Gasteiger charge is 2.80. The molecule has 5 nitrogen and oxygen atoms in total. The van der Waals surface area contributed by atoms with Gasteiger partial charge >= 0.3 is 47.2 Å². The van der Waals surface area contributed by atoms with E-state index in [1.807, 2.05) is 0 Å². The number of alkyl halides is 17. The Balaban J connectivity index is 3.73. The van der Waals surface area contributed by atoms with Gasteiger partial charge in [-0.2, -0.15) is 70.2 Å². The summed E-state index contributed by atoms with van der Waals surface area (Å²) in [5.74, 6) is -22.5. The van der Waals surface area contributed by atoms with Crippen molar-refractivity contribution in [3.63, 3.8) is 0 Å². The van der Waals surface area contributed by atoms with Gasteiger partial charge in [-0.05, 0) is 11.8 Å². The zero-order valence-electron chi connectivity index (χ0n) is 14.6. The number of hydrogen-bond donors (Lipinski definition) is 2. The van der Waals surface area contributed by atoms with E-state index in [0.29, 0.717) is 5.32 Å². The van der Waals surface area contributed by atoms with Crippen LogP contribution in [0.4, 0.5) is 74.6 Å². The number of nitrogens with one attached hydrogen (secondary N) is 2. The third-order valence-electron chi connectivity index (χ3n) is 3.53. The lowest BCUT2D eigenvalue weighted by Crippen LogP contribution is -2.71. The largest absolute Gasteiger partial charge is 0.460 e. The molecule has 0 bridgehead atoms. The fourth-order valence-electron chi connectivity index (χ4n) is 1.79. The SMILES string of the molecule is O=C(NC(N=C1NC(=O)[C@](F)(C(F)(F)F)S1)(C(F)(F)F)C(F)(F)F)C(F)(F)C(F)(F)C(F)(F)F. The zero-order chi connectivity index (χ0) is 27.6. The lowest BCUT2D eigenvalue weighted by molar-refractivity contribution is -0.347. The number of carbonyl (C=O) groups excluding carboxylic acids is 2. The van der Waals surface area contributed by atoms with E-state index in [4.69, 9.17) is 0 Å².